The molecule has 2 unspecified atom stereocenters. The van der Waals surface area contributed by atoms with Crippen LogP contribution in [0, 0.1) is 13.8 Å². The van der Waals surface area contributed by atoms with Crippen molar-refractivity contribution in [2.75, 3.05) is 19.6 Å². The monoisotopic (exact) mass is 318 g/mol. The van der Waals surface area contributed by atoms with Crippen molar-refractivity contribution in [3.05, 3.63) is 22.7 Å². The summed E-state index contributed by atoms with van der Waals surface area (Å²) in [5, 5.41) is 8.61. The summed E-state index contributed by atoms with van der Waals surface area (Å²) in [6.45, 7) is 8.37. The number of nitrogens with zero attached hydrogens (tertiary/aromatic N) is 4. The Bertz CT molecular complexity index is 633. The minimum atomic E-state index is 0.460. The van der Waals surface area contributed by atoms with E-state index in [9.17, 15) is 0 Å². The lowest BCUT2D eigenvalue weighted by molar-refractivity contribution is -0.0392. The Labute approximate surface area is 134 Å². The Morgan fingerprint density at radius 2 is 2.00 bits per heavy atom. The van der Waals surface area contributed by atoms with Crippen molar-refractivity contribution in [1.29, 1.82) is 0 Å². The number of likely N-dealkylation sites (tertiary alicyclic amines) is 1. The smallest absolute Gasteiger partial charge is 0.123 e. The molecule has 2 aromatic heterocycles. The highest BCUT2D eigenvalue weighted by Crippen LogP contribution is 2.29. The maximum atomic E-state index is 5.88. The third kappa shape index (κ3) is 2.83. The van der Waals surface area contributed by atoms with Crippen molar-refractivity contribution in [3.63, 3.8) is 0 Å². The summed E-state index contributed by atoms with van der Waals surface area (Å²) in [7, 11) is 0. The summed E-state index contributed by atoms with van der Waals surface area (Å²) >= 11 is 1.79. The van der Waals surface area contributed by atoms with Crippen LogP contribution in [0.1, 0.15) is 23.3 Å². The highest BCUT2D eigenvalue weighted by molar-refractivity contribution is 7.15. The molecule has 0 N–H and O–H groups in total. The van der Waals surface area contributed by atoms with Crippen LogP contribution in [0.5, 0.6) is 0 Å². The summed E-state index contributed by atoms with van der Waals surface area (Å²) in [6, 6.07) is 2.20. The van der Waals surface area contributed by atoms with Crippen LogP contribution in [0.3, 0.4) is 0 Å². The molecule has 0 amide bonds. The van der Waals surface area contributed by atoms with Gasteiger partial charge in [0, 0.05) is 24.5 Å². The van der Waals surface area contributed by atoms with Crippen LogP contribution in [0.4, 0.5) is 0 Å². The van der Waals surface area contributed by atoms with Gasteiger partial charge in [0.2, 0.25) is 0 Å². The zero-order chi connectivity index (χ0) is 15.1. The number of fused-ring (bicyclic) bond motifs is 2. The fraction of sp³-hybridized carbons (Fsp3) is 0.625. The van der Waals surface area contributed by atoms with Crippen molar-refractivity contribution in [3.8, 4) is 10.6 Å². The zero-order valence-electron chi connectivity index (χ0n) is 13.2. The quantitative estimate of drug-likeness (QED) is 0.869. The summed E-state index contributed by atoms with van der Waals surface area (Å²) in [5.41, 5.74) is 2.32. The summed E-state index contributed by atoms with van der Waals surface area (Å²) in [6.07, 6.45) is 5.45. The highest BCUT2D eigenvalue weighted by atomic mass is 32.1. The van der Waals surface area contributed by atoms with Crippen molar-refractivity contribution in [1.82, 2.24) is 19.9 Å². The molecular formula is C16H22N4OS. The normalized spacial score (nSPS) is 25.0. The van der Waals surface area contributed by atoms with Crippen LogP contribution in [-0.2, 0) is 11.3 Å². The van der Waals surface area contributed by atoms with E-state index >= 15 is 0 Å². The molecule has 0 spiro atoms. The average molecular weight is 318 g/mol. The molecule has 4 heterocycles. The molecular weight excluding hydrogens is 296 g/mol. The lowest BCUT2D eigenvalue weighted by Gasteiger charge is -2.31. The second-order valence-corrected chi connectivity index (χ2v) is 7.69. The number of thiophene rings is 1. The number of aryl methyl sites for hydroxylation is 2. The van der Waals surface area contributed by atoms with Crippen molar-refractivity contribution in [2.24, 2.45) is 0 Å². The first-order chi connectivity index (χ1) is 10.7. The van der Waals surface area contributed by atoms with E-state index in [1.54, 1.807) is 11.3 Å². The van der Waals surface area contributed by atoms with Gasteiger partial charge in [-0.3, -0.25) is 9.58 Å². The Kier molecular flexibility index (Phi) is 3.76. The SMILES string of the molecule is Cc1cc(-c2cn(CCN3CC4CCC(C3)O4)nn2)sc1C. The number of ether oxygens (including phenoxy) is 1. The predicted molar refractivity (Wildman–Crippen MR) is 87.1 cm³/mol. The molecule has 2 aliphatic heterocycles. The van der Waals surface area contributed by atoms with Gasteiger partial charge < -0.3 is 4.74 Å². The Hall–Kier alpha value is -1.24. The fourth-order valence-corrected chi connectivity index (χ4v) is 4.33. The molecule has 5 nitrogen and oxygen atoms in total. The molecule has 22 heavy (non-hydrogen) atoms. The average Bonchev–Trinajstić information content (AvgIpc) is 3.18. The summed E-state index contributed by atoms with van der Waals surface area (Å²) < 4.78 is 7.85. The largest absolute Gasteiger partial charge is 0.372 e. The number of hydrogen-bond donors (Lipinski definition) is 0. The van der Waals surface area contributed by atoms with Crippen LogP contribution >= 0.6 is 11.3 Å². The topological polar surface area (TPSA) is 43.2 Å². The zero-order valence-corrected chi connectivity index (χ0v) is 14.0. The number of hydrogen-bond acceptors (Lipinski definition) is 5. The number of aromatic nitrogens is 3. The van der Waals surface area contributed by atoms with Crippen LogP contribution in [0.25, 0.3) is 10.6 Å². The molecule has 2 aliphatic rings. The molecule has 2 atom stereocenters. The Morgan fingerprint density at radius 1 is 1.23 bits per heavy atom. The number of rotatable bonds is 4. The molecule has 118 valence electrons. The van der Waals surface area contributed by atoms with E-state index in [0.29, 0.717) is 12.2 Å². The number of morpholine rings is 1. The van der Waals surface area contributed by atoms with E-state index < -0.39 is 0 Å². The molecule has 2 aromatic rings. The van der Waals surface area contributed by atoms with E-state index in [-0.39, 0.29) is 0 Å². The maximum absolute atomic E-state index is 5.88. The first-order valence-corrected chi connectivity index (χ1v) is 8.84. The van der Waals surface area contributed by atoms with Crippen LogP contribution < -0.4 is 0 Å². The van der Waals surface area contributed by atoms with E-state index in [4.69, 9.17) is 4.74 Å². The van der Waals surface area contributed by atoms with Gasteiger partial charge in [0.25, 0.3) is 0 Å². The first kappa shape index (κ1) is 14.4. The lowest BCUT2D eigenvalue weighted by atomic mass is 10.2. The summed E-state index contributed by atoms with van der Waals surface area (Å²) in [4.78, 5) is 5.08. The van der Waals surface area contributed by atoms with E-state index in [1.165, 1.54) is 28.2 Å². The minimum absolute atomic E-state index is 0.460. The van der Waals surface area contributed by atoms with Gasteiger partial charge in [-0.2, -0.15) is 0 Å². The van der Waals surface area contributed by atoms with Crippen molar-refractivity contribution >= 4 is 11.3 Å². The minimum Gasteiger partial charge on any atom is -0.372 e. The molecule has 4 rings (SSSR count). The van der Waals surface area contributed by atoms with Gasteiger partial charge in [-0.25, -0.2) is 0 Å². The van der Waals surface area contributed by atoms with Crippen LogP contribution in [0.2, 0.25) is 0 Å². The van der Waals surface area contributed by atoms with Crippen molar-refractivity contribution in [2.45, 2.75) is 45.4 Å². The maximum Gasteiger partial charge on any atom is 0.123 e. The van der Waals surface area contributed by atoms with Gasteiger partial charge in [-0.1, -0.05) is 5.21 Å². The second kappa shape index (κ2) is 5.76. The molecule has 2 saturated heterocycles. The summed E-state index contributed by atoms with van der Waals surface area (Å²) in [5.74, 6) is 0. The van der Waals surface area contributed by atoms with Gasteiger partial charge in [0.1, 0.15) is 5.69 Å². The molecule has 6 heteroatoms. The molecule has 0 radical (unpaired) electrons. The van der Waals surface area contributed by atoms with Gasteiger partial charge in [0.05, 0.1) is 29.8 Å². The predicted octanol–water partition coefficient (Wildman–Crippen LogP) is 2.49. The van der Waals surface area contributed by atoms with Crippen molar-refractivity contribution < 1.29 is 4.74 Å². The molecule has 2 bridgehead atoms. The van der Waals surface area contributed by atoms with Crippen LogP contribution in [0.15, 0.2) is 12.3 Å². The van der Waals surface area contributed by atoms with E-state index in [0.717, 1.165) is 31.9 Å². The molecule has 0 aromatic carbocycles. The molecule has 0 saturated carbocycles. The van der Waals surface area contributed by atoms with E-state index in [2.05, 4.69) is 41.3 Å². The van der Waals surface area contributed by atoms with E-state index in [1.807, 2.05) is 4.68 Å². The lowest BCUT2D eigenvalue weighted by Crippen LogP contribution is -2.43. The van der Waals surface area contributed by atoms with Gasteiger partial charge in [-0.05, 0) is 38.3 Å². The standard InChI is InChI=1S/C16H22N4OS/c1-11-7-16(22-12(11)2)15-10-20(18-17-15)6-5-19-8-13-3-4-14(9-19)21-13/h7,10,13-14H,3-6,8-9H2,1-2H3. The van der Waals surface area contributed by atoms with Gasteiger partial charge in [-0.15, -0.1) is 16.4 Å². The van der Waals surface area contributed by atoms with Gasteiger partial charge >= 0.3 is 0 Å². The van der Waals surface area contributed by atoms with Crippen LogP contribution in [-0.4, -0.2) is 51.7 Å². The Balaban J connectivity index is 1.38. The highest BCUT2D eigenvalue weighted by Gasteiger charge is 2.33. The third-order valence-electron chi connectivity index (χ3n) is 4.72. The fourth-order valence-electron chi connectivity index (χ4n) is 3.35. The molecule has 0 aliphatic carbocycles. The first-order valence-electron chi connectivity index (χ1n) is 8.03. The molecule has 2 fully saturated rings. The second-order valence-electron chi connectivity index (χ2n) is 6.43. The third-order valence-corrected chi connectivity index (χ3v) is 5.90. The van der Waals surface area contributed by atoms with Gasteiger partial charge in [0.15, 0.2) is 0 Å². The Morgan fingerprint density at radius 3 is 2.68 bits per heavy atom.